The predicted octanol–water partition coefficient (Wildman–Crippen LogP) is 4.95. The van der Waals surface area contributed by atoms with Gasteiger partial charge in [0, 0.05) is 29.5 Å². The van der Waals surface area contributed by atoms with E-state index in [1.165, 1.54) is 0 Å². The molecule has 1 aromatic heterocycles. The normalized spacial score (nSPS) is 25.8. The minimum absolute atomic E-state index is 0.0208. The standard InChI is InChI=1S/C30H33NO5/c32-27(19-35-21-13-14-23-22-10-4-5-11-24(22)29(33)36-26(23)18-21)31-17-16-30(34)15-7-6-12-25(30)28(31)20-8-2-1-3-9-20/h1-3,8-9,13-14,18,25,28,34H,4-7,10-12,15-17,19H2/t25-,28-,30+/m1/s1. The lowest BCUT2D eigenvalue weighted by Gasteiger charge is -2.52. The van der Waals surface area contributed by atoms with Crippen molar-refractivity contribution in [2.45, 2.75) is 69.4 Å². The third-order valence-corrected chi connectivity index (χ3v) is 8.59. The Morgan fingerprint density at radius 2 is 1.83 bits per heavy atom. The van der Waals surface area contributed by atoms with Gasteiger partial charge in [-0.3, -0.25) is 4.79 Å². The molecule has 0 radical (unpaired) electrons. The summed E-state index contributed by atoms with van der Waals surface area (Å²) in [6.45, 7) is 0.405. The molecular weight excluding hydrogens is 454 g/mol. The van der Waals surface area contributed by atoms with E-state index in [1.807, 2.05) is 35.2 Å². The van der Waals surface area contributed by atoms with E-state index in [0.717, 1.165) is 73.4 Å². The zero-order valence-electron chi connectivity index (χ0n) is 20.6. The van der Waals surface area contributed by atoms with Crippen molar-refractivity contribution in [3.63, 3.8) is 0 Å². The van der Waals surface area contributed by atoms with Crippen LogP contribution in [-0.4, -0.2) is 34.7 Å². The van der Waals surface area contributed by atoms with Gasteiger partial charge in [-0.2, -0.15) is 0 Å². The molecule has 6 heteroatoms. The minimum Gasteiger partial charge on any atom is -0.484 e. The average molecular weight is 488 g/mol. The highest BCUT2D eigenvalue weighted by molar-refractivity contribution is 5.83. The highest BCUT2D eigenvalue weighted by atomic mass is 16.5. The van der Waals surface area contributed by atoms with Crippen LogP contribution in [0.5, 0.6) is 5.75 Å². The molecule has 3 aliphatic rings. The second kappa shape index (κ2) is 9.40. The third kappa shape index (κ3) is 4.11. The van der Waals surface area contributed by atoms with Crippen LogP contribution in [0.3, 0.4) is 0 Å². The summed E-state index contributed by atoms with van der Waals surface area (Å²) in [5, 5.41) is 12.4. The lowest BCUT2D eigenvalue weighted by atomic mass is 9.66. The summed E-state index contributed by atoms with van der Waals surface area (Å²) in [7, 11) is 0. The number of aliphatic hydroxyl groups is 1. The number of carbonyl (C=O) groups excluding carboxylic acids is 1. The van der Waals surface area contributed by atoms with Gasteiger partial charge in [0.1, 0.15) is 11.3 Å². The van der Waals surface area contributed by atoms with Crippen LogP contribution in [0.1, 0.15) is 67.7 Å². The molecule has 2 fully saturated rings. The number of benzene rings is 2. The van der Waals surface area contributed by atoms with E-state index >= 15 is 0 Å². The van der Waals surface area contributed by atoms with Gasteiger partial charge in [0.15, 0.2) is 6.61 Å². The number of likely N-dealkylation sites (tertiary alicyclic amines) is 1. The van der Waals surface area contributed by atoms with Crippen LogP contribution in [0, 0.1) is 5.92 Å². The molecule has 1 amide bonds. The van der Waals surface area contributed by atoms with Gasteiger partial charge < -0.3 is 19.2 Å². The Bertz CT molecular complexity index is 1330. The van der Waals surface area contributed by atoms with Crippen LogP contribution < -0.4 is 10.4 Å². The number of hydrogen-bond acceptors (Lipinski definition) is 5. The number of aryl methyl sites for hydroxylation is 1. The molecule has 0 unspecified atom stereocenters. The topological polar surface area (TPSA) is 80.0 Å². The van der Waals surface area contributed by atoms with E-state index in [4.69, 9.17) is 9.15 Å². The zero-order chi connectivity index (χ0) is 24.7. The van der Waals surface area contributed by atoms with Gasteiger partial charge in [-0.05, 0) is 68.2 Å². The van der Waals surface area contributed by atoms with Crippen LogP contribution in [0.2, 0.25) is 0 Å². The number of hydrogen-bond donors (Lipinski definition) is 1. The molecule has 1 aliphatic heterocycles. The first-order chi connectivity index (χ1) is 17.5. The van der Waals surface area contributed by atoms with E-state index in [9.17, 15) is 14.7 Å². The number of amides is 1. The van der Waals surface area contributed by atoms with Gasteiger partial charge >= 0.3 is 5.63 Å². The second-order valence-electron chi connectivity index (χ2n) is 10.6. The lowest BCUT2D eigenvalue weighted by molar-refractivity contribution is -0.157. The van der Waals surface area contributed by atoms with E-state index in [1.54, 1.807) is 6.07 Å². The fraction of sp³-hybridized carbons (Fsp3) is 0.467. The van der Waals surface area contributed by atoms with Gasteiger partial charge in [-0.1, -0.05) is 43.2 Å². The first kappa shape index (κ1) is 23.3. The van der Waals surface area contributed by atoms with Gasteiger partial charge in [0.2, 0.25) is 0 Å². The van der Waals surface area contributed by atoms with Crippen molar-refractivity contribution in [3.05, 3.63) is 75.6 Å². The number of carbonyl (C=O) groups is 1. The van der Waals surface area contributed by atoms with Crippen molar-refractivity contribution in [1.29, 1.82) is 0 Å². The highest BCUT2D eigenvalue weighted by Gasteiger charge is 2.50. The fourth-order valence-corrected chi connectivity index (χ4v) is 6.77. The van der Waals surface area contributed by atoms with Crippen LogP contribution in [0.15, 0.2) is 57.7 Å². The molecule has 2 heterocycles. The highest BCUT2D eigenvalue weighted by Crippen LogP contribution is 2.49. The van der Waals surface area contributed by atoms with E-state index in [2.05, 4.69) is 12.1 Å². The van der Waals surface area contributed by atoms with Crippen molar-refractivity contribution in [1.82, 2.24) is 4.90 Å². The maximum absolute atomic E-state index is 13.5. The molecule has 2 aromatic carbocycles. The number of ether oxygens (including phenoxy) is 1. The van der Waals surface area contributed by atoms with Crippen molar-refractivity contribution in [2.24, 2.45) is 5.92 Å². The van der Waals surface area contributed by atoms with Crippen molar-refractivity contribution in [2.75, 3.05) is 13.2 Å². The monoisotopic (exact) mass is 487 g/mol. The SMILES string of the molecule is O=C(COc1ccc2c3c(c(=O)oc2c1)CCCC3)N1CC[C@@]2(O)CCCC[C@@H]2[C@H]1c1ccccc1. The molecule has 6 rings (SSSR count). The maximum Gasteiger partial charge on any atom is 0.339 e. The van der Waals surface area contributed by atoms with E-state index in [0.29, 0.717) is 24.3 Å². The van der Waals surface area contributed by atoms with E-state index < -0.39 is 5.60 Å². The summed E-state index contributed by atoms with van der Waals surface area (Å²) in [5.74, 6) is 0.438. The largest absolute Gasteiger partial charge is 0.484 e. The Labute approximate surface area is 210 Å². The Balaban J connectivity index is 1.23. The van der Waals surface area contributed by atoms with Crippen LogP contribution in [0.4, 0.5) is 0 Å². The third-order valence-electron chi connectivity index (χ3n) is 8.59. The molecule has 3 aromatic rings. The maximum atomic E-state index is 13.5. The summed E-state index contributed by atoms with van der Waals surface area (Å²) in [5.41, 5.74) is 2.49. The lowest BCUT2D eigenvalue weighted by Crippen LogP contribution is -2.56. The van der Waals surface area contributed by atoms with Gasteiger partial charge in [-0.25, -0.2) is 4.79 Å². The molecule has 1 saturated heterocycles. The predicted molar refractivity (Wildman–Crippen MR) is 137 cm³/mol. The number of rotatable bonds is 4. The molecule has 1 saturated carbocycles. The Morgan fingerprint density at radius 3 is 2.67 bits per heavy atom. The second-order valence-corrected chi connectivity index (χ2v) is 10.6. The fourth-order valence-electron chi connectivity index (χ4n) is 6.77. The Morgan fingerprint density at radius 1 is 1.03 bits per heavy atom. The van der Waals surface area contributed by atoms with Crippen molar-refractivity contribution in [3.8, 4) is 5.75 Å². The van der Waals surface area contributed by atoms with E-state index in [-0.39, 0.29) is 30.1 Å². The van der Waals surface area contributed by atoms with Gasteiger partial charge in [0.05, 0.1) is 11.6 Å². The molecule has 0 bridgehead atoms. The summed E-state index contributed by atoms with van der Waals surface area (Å²) in [6.07, 6.45) is 8.17. The van der Waals surface area contributed by atoms with Crippen molar-refractivity contribution >= 4 is 16.9 Å². The average Bonchev–Trinajstić information content (AvgIpc) is 2.91. The number of nitrogens with zero attached hydrogens (tertiary/aromatic N) is 1. The molecule has 1 N–H and O–H groups in total. The van der Waals surface area contributed by atoms with Crippen LogP contribution in [-0.2, 0) is 17.6 Å². The molecule has 36 heavy (non-hydrogen) atoms. The first-order valence-electron chi connectivity index (χ1n) is 13.3. The number of fused-ring (bicyclic) bond motifs is 4. The van der Waals surface area contributed by atoms with Crippen LogP contribution in [0.25, 0.3) is 11.0 Å². The summed E-state index contributed by atoms with van der Waals surface area (Å²) < 4.78 is 11.6. The summed E-state index contributed by atoms with van der Waals surface area (Å²) in [4.78, 5) is 27.9. The number of piperidine rings is 1. The minimum atomic E-state index is -0.717. The quantitative estimate of drug-likeness (QED) is 0.527. The van der Waals surface area contributed by atoms with Crippen molar-refractivity contribution < 1.29 is 19.1 Å². The zero-order valence-corrected chi connectivity index (χ0v) is 20.6. The Hall–Kier alpha value is -3.12. The summed E-state index contributed by atoms with van der Waals surface area (Å²) in [6, 6.07) is 15.4. The van der Waals surface area contributed by atoms with Gasteiger partial charge in [-0.15, -0.1) is 0 Å². The Kier molecular flexibility index (Phi) is 6.08. The molecule has 0 spiro atoms. The van der Waals surface area contributed by atoms with Gasteiger partial charge in [0.25, 0.3) is 5.91 Å². The molecule has 188 valence electrons. The molecule has 6 nitrogen and oxygen atoms in total. The summed E-state index contributed by atoms with van der Waals surface area (Å²) >= 11 is 0. The van der Waals surface area contributed by atoms with Crippen LogP contribution >= 0.6 is 0 Å². The molecular formula is C30H33NO5. The molecule has 3 atom stereocenters. The molecule has 2 aliphatic carbocycles. The smallest absolute Gasteiger partial charge is 0.339 e. The first-order valence-corrected chi connectivity index (χ1v) is 13.3.